The average Bonchev–Trinajstić information content (AvgIpc) is 2.37. The molecule has 0 aromatic carbocycles. The van der Waals surface area contributed by atoms with Crippen LogP contribution in [0.1, 0.15) is 44.9 Å². The van der Waals surface area contributed by atoms with Crippen LogP contribution in [-0.2, 0) is 9.59 Å². The number of amides is 1. The maximum absolute atomic E-state index is 12.5. The van der Waals surface area contributed by atoms with E-state index in [1.54, 1.807) is 0 Å². The van der Waals surface area contributed by atoms with Gasteiger partial charge in [0.05, 0.1) is 0 Å². The molecule has 5 heteroatoms. The molecule has 1 aliphatic carbocycles. The number of nitrogens with zero attached hydrogens (tertiary/aromatic N) is 1. The second-order valence-corrected chi connectivity index (χ2v) is 6.01. The molecule has 2 aliphatic rings. The van der Waals surface area contributed by atoms with Gasteiger partial charge in [-0.1, -0.05) is 6.42 Å². The average molecular weight is 268 g/mol. The van der Waals surface area contributed by atoms with Gasteiger partial charge in [-0.15, -0.1) is 0 Å². The minimum Gasteiger partial charge on any atom is -0.481 e. The lowest BCUT2D eigenvalue weighted by Crippen LogP contribution is -2.45. The smallest absolute Gasteiger partial charge is 0.303 e. The summed E-state index contributed by atoms with van der Waals surface area (Å²) in [5, 5.41) is 8.85. The first-order chi connectivity index (χ1) is 9.06. The Morgan fingerprint density at radius 3 is 2.68 bits per heavy atom. The number of aliphatic carboxylic acids is 1. The molecule has 5 nitrogen and oxygen atoms in total. The van der Waals surface area contributed by atoms with E-state index in [4.69, 9.17) is 10.8 Å². The second-order valence-electron chi connectivity index (χ2n) is 6.01. The van der Waals surface area contributed by atoms with E-state index in [0.29, 0.717) is 6.54 Å². The summed E-state index contributed by atoms with van der Waals surface area (Å²) in [5.74, 6) is -0.385. The summed E-state index contributed by atoms with van der Waals surface area (Å²) in [4.78, 5) is 25.1. The predicted molar refractivity (Wildman–Crippen MR) is 71.5 cm³/mol. The van der Waals surface area contributed by atoms with Crippen LogP contribution in [0.3, 0.4) is 0 Å². The van der Waals surface area contributed by atoms with Crippen molar-refractivity contribution in [3.63, 3.8) is 0 Å². The molecule has 19 heavy (non-hydrogen) atoms. The lowest BCUT2D eigenvalue weighted by atomic mass is 9.84. The van der Waals surface area contributed by atoms with Gasteiger partial charge in [-0.3, -0.25) is 9.59 Å². The number of carbonyl (C=O) groups excluding carboxylic acids is 1. The fraction of sp³-hybridized carbons (Fsp3) is 0.857. The van der Waals surface area contributed by atoms with E-state index in [0.717, 1.165) is 45.1 Å². The van der Waals surface area contributed by atoms with Crippen molar-refractivity contribution in [2.45, 2.75) is 51.0 Å². The number of hydrogen-bond acceptors (Lipinski definition) is 3. The number of likely N-dealkylation sites (tertiary alicyclic amines) is 1. The molecule has 3 unspecified atom stereocenters. The summed E-state index contributed by atoms with van der Waals surface area (Å²) in [7, 11) is 0. The predicted octanol–water partition coefficient (Wildman–Crippen LogP) is 1.22. The molecule has 0 aromatic rings. The van der Waals surface area contributed by atoms with E-state index in [9.17, 15) is 9.59 Å². The monoisotopic (exact) mass is 268 g/mol. The van der Waals surface area contributed by atoms with Gasteiger partial charge in [0.25, 0.3) is 0 Å². The fourth-order valence-electron chi connectivity index (χ4n) is 3.39. The van der Waals surface area contributed by atoms with Crippen LogP contribution in [0.25, 0.3) is 0 Å². The van der Waals surface area contributed by atoms with Crippen LogP contribution in [0.5, 0.6) is 0 Å². The Balaban J connectivity index is 1.89. The van der Waals surface area contributed by atoms with E-state index in [1.807, 2.05) is 4.90 Å². The van der Waals surface area contributed by atoms with Gasteiger partial charge < -0.3 is 15.7 Å². The summed E-state index contributed by atoms with van der Waals surface area (Å²) in [6.07, 6.45) is 5.79. The largest absolute Gasteiger partial charge is 0.481 e. The summed E-state index contributed by atoms with van der Waals surface area (Å²) >= 11 is 0. The molecule has 1 heterocycles. The third kappa shape index (κ3) is 3.93. The Labute approximate surface area is 114 Å². The molecule has 108 valence electrons. The highest BCUT2D eigenvalue weighted by Gasteiger charge is 2.32. The van der Waals surface area contributed by atoms with Crippen molar-refractivity contribution in [3.8, 4) is 0 Å². The first kappa shape index (κ1) is 14.3. The molecule has 1 amide bonds. The van der Waals surface area contributed by atoms with Crippen molar-refractivity contribution in [3.05, 3.63) is 0 Å². The van der Waals surface area contributed by atoms with E-state index in [2.05, 4.69) is 0 Å². The first-order valence-electron chi connectivity index (χ1n) is 7.32. The number of piperidine rings is 1. The molecule has 3 atom stereocenters. The van der Waals surface area contributed by atoms with Gasteiger partial charge >= 0.3 is 5.97 Å². The van der Waals surface area contributed by atoms with Crippen LogP contribution in [-0.4, -0.2) is 41.0 Å². The minimum absolute atomic E-state index is 0.0623. The standard InChI is InChI=1S/C14H24N2O3/c15-12-5-1-4-11(8-12)14(19)16-6-2-3-10(9-16)7-13(17)18/h10-12H,1-9,15H2,(H,17,18). The molecule has 0 radical (unpaired) electrons. The quantitative estimate of drug-likeness (QED) is 0.806. The zero-order valence-corrected chi connectivity index (χ0v) is 11.4. The number of carboxylic acid groups (broad SMARTS) is 1. The second kappa shape index (κ2) is 6.37. The van der Waals surface area contributed by atoms with Crippen LogP contribution < -0.4 is 5.73 Å². The summed E-state index contributed by atoms with van der Waals surface area (Å²) < 4.78 is 0. The van der Waals surface area contributed by atoms with Gasteiger partial charge in [0.1, 0.15) is 0 Å². The molecule has 0 spiro atoms. The van der Waals surface area contributed by atoms with Crippen molar-refractivity contribution in [1.29, 1.82) is 0 Å². The van der Waals surface area contributed by atoms with E-state index >= 15 is 0 Å². The summed E-state index contributed by atoms with van der Waals surface area (Å²) in [6, 6.07) is 0.155. The molecule has 0 aromatic heterocycles. The topological polar surface area (TPSA) is 83.6 Å². The zero-order chi connectivity index (χ0) is 13.8. The highest BCUT2D eigenvalue weighted by atomic mass is 16.4. The lowest BCUT2D eigenvalue weighted by molar-refractivity contribution is -0.142. The van der Waals surface area contributed by atoms with Crippen LogP contribution >= 0.6 is 0 Å². The Hall–Kier alpha value is -1.10. The SMILES string of the molecule is NC1CCCC(C(=O)N2CCCC(CC(=O)O)C2)C1. The van der Waals surface area contributed by atoms with Crippen LogP contribution in [0.4, 0.5) is 0 Å². The fourth-order valence-corrected chi connectivity index (χ4v) is 3.39. The summed E-state index contributed by atoms with van der Waals surface area (Å²) in [5.41, 5.74) is 5.94. The Morgan fingerprint density at radius 1 is 1.21 bits per heavy atom. The number of hydrogen-bond donors (Lipinski definition) is 2. The van der Waals surface area contributed by atoms with Crippen molar-refractivity contribution in [2.24, 2.45) is 17.6 Å². The van der Waals surface area contributed by atoms with Crippen LogP contribution in [0.2, 0.25) is 0 Å². The van der Waals surface area contributed by atoms with Gasteiger partial charge in [-0.05, 0) is 38.0 Å². The minimum atomic E-state index is -0.765. The van der Waals surface area contributed by atoms with E-state index in [-0.39, 0.29) is 30.2 Å². The number of nitrogens with two attached hydrogens (primary N) is 1. The third-order valence-corrected chi connectivity index (χ3v) is 4.36. The number of rotatable bonds is 3. The van der Waals surface area contributed by atoms with E-state index < -0.39 is 5.97 Å². The van der Waals surface area contributed by atoms with E-state index in [1.165, 1.54) is 0 Å². The molecule has 1 aliphatic heterocycles. The van der Waals surface area contributed by atoms with Crippen molar-refractivity contribution in [2.75, 3.05) is 13.1 Å². The molecule has 0 bridgehead atoms. The van der Waals surface area contributed by atoms with Crippen LogP contribution in [0.15, 0.2) is 0 Å². The van der Waals surface area contributed by atoms with Gasteiger partial charge in [0.15, 0.2) is 0 Å². The Bertz CT molecular complexity index is 346. The number of carboxylic acids is 1. The molecular weight excluding hydrogens is 244 g/mol. The Kier molecular flexibility index (Phi) is 4.80. The summed E-state index contributed by atoms with van der Waals surface area (Å²) in [6.45, 7) is 1.39. The molecule has 3 N–H and O–H groups in total. The number of carbonyl (C=O) groups is 2. The lowest BCUT2D eigenvalue weighted by Gasteiger charge is -2.36. The van der Waals surface area contributed by atoms with Crippen molar-refractivity contribution in [1.82, 2.24) is 4.90 Å². The highest BCUT2D eigenvalue weighted by Crippen LogP contribution is 2.27. The molecule has 1 saturated heterocycles. The van der Waals surface area contributed by atoms with Gasteiger partial charge in [-0.25, -0.2) is 0 Å². The van der Waals surface area contributed by atoms with Crippen molar-refractivity contribution < 1.29 is 14.7 Å². The molecular formula is C14H24N2O3. The highest BCUT2D eigenvalue weighted by molar-refractivity contribution is 5.79. The molecule has 2 fully saturated rings. The normalized spacial score (nSPS) is 32.1. The van der Waals surface area contributed by atoms with Crippen LogP contribution in [0, 0.1) is 11.8 Å². The van der Waals surface area contributed by atoms with Gasteiger partial charge in [0.2, 0.25) is 5.91 Å². The maximum Gasteiger partial charge on any atom is 0.303 e. The Morgan fingerprint density at radius 2 is 2.00 bits per heavy atom. The van der Waals surface area contributed by atoms with Gasteiger partial charge in [-0.2, -0.15) is 0 Å². The third-order valence-electron chi connectivity index (χ3n) is 4.36. The molecule has 2 rings (SSSR count). The van der Waals surface area contributed by atoms with Crippen molar-refractivity contribution >= 4 is 11.9 Å². The van der Waals surface area contributed by atoms with Gasteiger partial charge in [0, 0.05) is 31.5 Å². The maximum atomic E-state index is 12.5. The molecule has 1 saturated carbocycles. The first-order valence-corrected chi connectivity index (χ1v) is 7.32. The zero-order valence-electron chi connectivity index (χ0n) is 11.4.